The summed E-state index contributed by atoms with van der Waals surface area (Å²) >= 11 is 0. The number of carbonyl (C=O) groups excluding carboxylic acids is 1. The summed E-state index contributed by atoms with van der Waals surface area (Å²) in [6.45, 7) is -1.42. The number of halogens is 3. The van der Waals surface area contributed by atoms with Gasteiger partial charge in [-0.15, -0.1) is 0 Å². The number of amides is 1. The highest BCUT2D eigenvalue weighted by atomic mass is 32.2. The van der Waals surface area contributed by atoms with Crippen LogP contribution in [0.3, 0.4) is 0 Å². The van der Waals surface area contributed by atoms with E-state index in [1.807, 2.05) is 0 Å². The molecular formula is C19H16F3NO5S. The third-order valence-corrected chi connectivity index (χ3v) is 4.64. The molecule has 1 amide bonds. The Morgan fingerprint density at radius 1 is 1.10 bits per heavy atom. The molecule has 1 aromatic heterocycles. The molecule has 29 heavy (non-hydrogen) atoms. The van der Waals surface area contributed by atoms with Gasteiger partial charge in [0.15, 0.2) is 22.2 Å². The number of furan rings is 1. The van der Waals surface area contributed by atoms with Gasteiger partial charge in [-0.1, -0.05) is 18.2 Å². The molecule has 10 heteroatoms. The number of anilines is 1. The number of hydrogen-bond donors (Lipinski definition) is 1. The van der Waals surface area contributed by atoms with E-state index in [0.29, 0.717) is 11.0 Å². The number of sulfone groups is 1. The van der Waals surface area contributed by atoms with Gasteiger partial charge in [0.1, 0.15) is 11.3 Å². The molecule has 154 valence electrons. The second kappa shape index (κ2) is 7.78. The first-order valence-corrected chi connectivity index (χ1v) is 10.4. The van der Waals surface area contributed by atoms with E-state index in [9.17, 15) is 26.4 Å². The van der Waals surface area contributed by atoms with Crippen LogP contribution in [-0.2, 0) is 15.6 Å². The van der Waals surface area contributed by atoms with Crippen LogP contribution in [0.2, 0.25) is 0 Å². The molecule has 0 aliphatic heterocycles. The normalized spacial score (nSPS) is 12.1. The number of ether oxygens (including phenoxy) is 1. The van der Waals surface area contributed by atoms with E-state index in [0.717, 1.165) is 6.26 Å². The van der Waals surface area contributed by atoms with E-state index < -0.39 is 28.5 Å². The zero-order valence-corrected chi connectivity index (χ0v) is 15.9. The van der Waals surface area contributed by atoms with Gasteiger partial charge < -0.3 is 14.5 Å². The van der Waals surface area contributed by atoms with E-state index >= 15 is 0 Å². The van der Waals surface area contributed by atoms with Gasteiger partial charge in [0, 0.05) is 22.9 Å². The maximum atomic E-state index is 12.7. The third kappa shape index (κ3) is 5.50. The smallest absolute Gasteiger partial charge is 0.422 e. The molecule has 0 bridgehead atoms. The molecule has 0 unspecified atom stereocenters. The molecule has 2 aromatic carbocycles. The molecule has 0 radical (unpaired) electrons. The first-order valence-electron chi connectivity index (χ1n) is 8.31. The number of carbonyl (C=O) groups is 1. The fourth-order valence-electron chi connectivity index (χ4n) is 2.68. The lowest BCUT2D eigenvalue weighted by Gasteiger charge is -2.10. The van der Waals surface area contributed by atoms with Gasteiger partial charge >= 0.3 is 6.18 Å². The van der Waals surface area contributed by atoms with Crippen LogP contribution in [-0.4, -0.2) is 33.4 Å². The van der Waals surface area contributed by atoms with Crippen molar-refractivity contribution in [2.75, 3.05) is 18.2 Å². The topological polar surface area (TPSA) is 85.6 Å². The minimum Gasteiger partial charge on any atom is -0.484 e. The van der Waals surface area contributed by atoms with Gasteiger partial charge in [-0.3, -0.25) is 4.79 Å². The zero-order chi connectivity index (χ0) is 21.2. The SMILES string of the molecule is CS(=O)(=O)Cc1c(C(=O)Nc2ccc(OCC(F)(F)F)cc2)oc2ccccc12. The fourth-order valence-corrected chi connectivity index (χ4v) is 3.49. The van der Waals surface area contributed by atoms with E-state index in [1.165, 1.54) is 24.3 Å². The van der Waals surface area contributed by atoms with Crippen LogP contribution in [0.4, 0.5) is 18.9 Å². The molecule has 3 aromatic rings. The highest BCUT2D eigenvalue weighted by Gasteiger charge is 2.28. The largest absolute Gasteiger partial charge is 0.484 e. The molecule has 3 rings (SSSR count). The lowest BCUT2D eigenvalue weighted by atomic mass is 10.1. The van der Waals surface area contributed by atoms with Crippen molar-refractivity contribution in [1.82, 2.24) is 0 Å². The number of hydrogen-bond acceptors (Lipinski definition) is 5. The Hall–Kier alpha value is -3.01. The standard InChI is InChI=1S/C19H16F3NO5S/c1-29(25,26)10-15-14-4-2-3-5-16(14)28-17(15)18(24)23-12-6-8-13(9-7-12)27-11-19(20,21)22/h2-9H,10-11H2,1H3,(H,23,24). The van der Waals surface area contributed by atoms with Gasteiger partial charge in [0.25, 0.3) is 5.91 Å². The van der Waals surface area contributed by atoms with Gasteiger partial charge in [-0.05, 0) is 30.3 Å². The molecule has 0 fully saturated rings. The van der Waals surface area contributed by atoms with Crippen LogP contribution in [0.15, 0.2) is 52.9 Å². The fraction of sp³-hybridized carbons (Fsp3) is 0.211. The van der Waals surface area contributed by atoms with Crippen LogP contribution < -0.4 is 10.1 Å². The number of nitrogens with one attached hydrogen (secondary N) is 1. The number of benzene rings is 2. The van der Waals surface area contributed by atoms with Crippen molar-refractivity contribution in [2.24, 2.45) is 0 Å². The number of rotatable bonds is 6. The Morgan fingerprint density at radius 2 is 1.76 bits per heavy atom. The monoisotopic (exact) mass is 427 g/mol. The van der Waals surface area contributed by atoms with E-state index in [1.54, 1.807) is 24.3 Å². The summed E-state index contributed by atoms with van der Waals surface area (Å²) in [6.07, 6.45) is -3.40. The number of alkyl halides is 3. The summed E-state index contributed by atoms with van der Waals surface area (Å²) in [5, 5.41) is 3.05. The molecule has 0 atom stereocenters. The summed E-state index contributed by atoms with van der Waals surface area (Å²) in [6, 6.07) is 11.9. The molecule has 0 aliphatic rings. The van der Waals surface area contributed by atoms with Crippen LogP contribution >= 0.6 is 0 Å². The summed E-state index contributed by atoms with van der Waals surface area (Å²) in [7, 11) is -3.44. The van der Waals surface area contributed by atoms with Crippen molar-refractivity contribution in [1.29, 1.82) is 0 Å². The minimum absolute atomic E-state index is 0.0122. The summed E-state index contributed by atoms with van der Waals surface area (Å²) < 4.78 is 70.3. The maximum absolute atomic E-state index is 12.7. The van der Waals surface area contributed by atoms with Crippen molar-refractivity contribution in [3.8, 4) is 5.75 Å². The maximum Gasteiger partial charge on any atom is 0.422 e. The average molecular weight is 427 g/mol. The molecule has 0 saturated heterocycles. The lowest BCUT2D eigenvalue weighted by Crippen LogP contribution is -2.19. The Bertz CT molecular complexity index is 1130. The molecule has 1 heterocycles. The van der Waals surface area contributed by atoms with Crippen LogP contribution in [0.1, 0.15) is 16.1 Å². The molecule has 0 spiro atoms. The zero-order valence-electron chi connectivity index (χ0n) is 15.1. The van der Waals surface area contributed by atoms with Crippen molar-refractivity contribution in [2.45, 2.75) is 11.9 Å². The second-order valence-electron chi connectivity index (χ2n) is 6.36. The van der Waals surface area contributed by atoms with E-state index in [4.69, 9.17) is 4.42 Å². The van der Waals surface area contributed by atoms with Crippen molar-refractivity contribution in [3.63, 3.8) is 0 Å². The van der Waals surface area contributed by atoms with Crippen molar-refractivity contribution >= 4 is 32.4 Å². The van der Waals surface area contributed by atoms with Gasteiger partial charge in [0.2, 0.25) is 0 Å². The van der Waals surface area contributed by atoms with Crippen LogP contribution in [0.25, 0.3) is 11.0 Å². The summed E-state index contributed by atoms with van der Waals surface area (Å²) in [5.74, 6) is -1.21. The lowest BCUT2D eigenvalue weighted by molar-refractivity contribution is -0.153. The van der Waals surface area contributed by atoms with Gasteiger partial charge in [0.05, 0.1) is 5.75 Å². The summed E-state index contributed by atoms with van der Waals surface area (Å²) in [4.78, 5) is 12.7. The highest BCUT2D eigenvalue weighted by molar-refractivity contribution is 7.89. The first kappa shape index (κ1) is 20.7. The van der Waals surface area contributed by atoms with Crippen molar-refractivity contribution < 1.29 is 35.5 Å². The Balaban J connectivity index is 1.82. The molecule has 6 nitrogen and oxygen atoms in total. The van der Waals surface area contributed by atoms with E-state index in [-0.39, 0.29) is 28.5 Å². The molecular weight excluding hydrogens is 411 g/mol. The van der Waals surface area contributed by atoms with Crippen LogP contribution in [0, 0.1) is 0 Å². The highest BCUT2D eigenvalue weighted by Crippen LogP contribution is 2.28. The Kier molecular flexibility index (Phi) is 5.56. The minimum atomic E-state index is -4.45. The van der Waals surface area contributed by atoms with E-state index in [2.05, 4.69) is 10.1 Å². The predicted molar refractivity (Wildman–Crippen MR) is 101 cm³/mol. The van der Waals surface area contributed by atoms with Gasteiger partial charge in [-0.25, -0.2) is 8.42 Å². The first-order chi connectivity index (χ1) is 13.5. The number of fused-ring (bicyclic) bond motifs is 1. The Labute approximate surface area is 164 Å². The Morgan fingerprint density at radius 3 is 2.38 bits per heavy atom. The molecule has 1 N–H and O–H groups in total. The third-order valence-electron chi connectivity index (χ3n) is 3.83. The predicted octanol–water partition coefficient (Wildman–Crippen LogP) is 4.17. The summed E-state index contributed by atoms with van der Waals surface area (Å²) in [5.41, 5.74) is 0.887. The quantitative estimate of drug-likeness (QED) is 0.638. The van der Waals surface area contributed by atoms with Crippen LogP contribution in [0.5, 0.6) is 5.75 Å². The second-order valence-corrected chi connectivity index (χ2v) is 8.50. The van der Waals surface area contributed by atoms with Gasteiger partial charge in [-0.2, -0.15) is 13.2 Å². The van der Waals surface area contributed by atoms with Crippen molar-refractivity contribution in [3.05, 3.63) is 59.9 Å². The average Bonchev–Trinajstić information content (AvgIpc) is 2.98. The molecule has 0 saturated carbocycles. The number of para-hydroxylation sites is 1. The molecule has 0 aliphatic carbocycles.